The summed E-state index contributed by atoms with van der Waals surface area (Å²) in [4.78, 5) is 7.53. The molecule has 2 nitrogen and oxygen atoms in total. The van der Waals surface area contributed by atoms with Gasteiger partial charge in [0.1, 0.15) is 11.4 Å². The topological polar surface area (TPSA) is 25.8 Å². The summed E-state index contributed by atoms with van der Waals surface area (Å²) in [6.07, 6.45) is 0. The maximum atomic E-state index is 5.04. The molecule has 0 atom stereocenters. The van der Waals surface area contributed by atoms with Crippen molar-refractivity contribution in [2.75, 3.05) is 0 Å². The number of aromatic nitrogens is 2. The van der Waals surface area contributed by atoms with E-state index >= 15 is 0 Å². The Balaban J connectivity index is 1.32. The predicted molar refractivity (Wildman–Crippen MR) is 170 cm³/mol. The summed E-state index contributed by atoms with van der Waals surface area (Å²) < 4.78 is 0. The Hall–Kier alpha value is -3.68. The van der Waals surface area contributed by atoms with Crippen molar-refractivity contribution in [3.05, 3.63) is 141 Å². The van der Waals surface area contributed by atoms with Crippen LogP contribution in [0.1, 0.15) is 45.2 Å². The van der Waals surface area contributed by atoms with Crippen molar-refractivity contribution < 1.29 is 0 Å². The van der Waals surface area contributed by atoms with Crippen LogP contribution in [0.15, 0.2) is 108 Å². The van der Waals surface area contributed by atoms with Crippen molar-refractivity contribution in [1.82, 2.24) is 10.2 Å². The van der Waals surface area contributed by atoms with Gasteiger partial charge in [0.25, 0.3) is 0 Å². The third-order valence-corrected chi connectivity index (χ3v) is 12.4. The molecule has 7 aromatic rings. The second-order valence-corrected chi connectivity index (χ2v) is 14.2. The molecule has 5 heterocycles. The van der Waals surface area contributed by atoms with Crippen LogP contribution in [0.25, 0.3) is 40.7 Å². The third-order valence-electron chi connectivity index (χ3n) is 8.07. The Morgan fingerprint density at radius 2 is 0.800 bits per heavy atom. The molecule has 0 saturated carbocycles. The van der Waals surface area contributed by atoms with Crippen molar-refractivity contribution in [1.29, 1.82) is 0 Å². The van der Waals surface area contributed by atoms with Gasteiger partial charge in [-0.2, -0.15) is 0 Å². The SMILES string of the molecule is c1csc(-c2ccc(-c3nnc(-c4ccc(-c5cccs5)s4)c4c3C3c5ccccc5C4c4ccccc43)s2)c1. The minimum atomic E-state index is 0.140. The predicted octanol–water partition coefficient (Wildman–Crippen LogP) is 10.4. The van der Waals surface area contributed by atoms with Crippen LogP contribution < -0.4 is 0 Å². The Kier molecular flexibility index (Phi) is 5.14. The lowest BCUT2D eigenvalue weighted by atomic mass is 9.60. The third kappa shape index (κ3) is 3.31. The summed E-state index contributed by atoms with van der Waals surface area (Å²) in [5, 5.41) is 14.4. The summed E-state index contributed by atoms with van der Waals surface area (Å²) in [6.45, 7) is 0. The first-order chi connectivity index (χ1) is 19.8. The lowest BCUT2D eigenvalue weighted by molar-refractivity contribution is 0.741. The van der Waals surface area contributed by atoms with E-state index in [2.05, 4.69) is 108 Å². The van der Waals surface area contributed by atoms with Gasteiger partial charge < -0.3 is 0 Å². The van der Waals surface area contributed by atoms with Gasteiger partial charge in [0.2, 0.25) is 0 Å². The zero-order valence-corrected chi connectivity index (χ0v) is 24.3. The first-order valence-corrected chi connectivity index (χ1v) is 16.6. The van der Waals surface area contributed by atoms with Crippen molar-refractivity contribution in [3.63, 3.8) is 0 Å². The number of rotatable bonds is 4. The Bertz CT molecular complexity index is 1840. The van der Waals surface area contributed by atoms with Gasteiger partial charge in [-0.15, -0.1) is 55.5 Å². The molecule has 6 heteroatoms. The van der Waals surface area contributed by atoms with E-state index in [9.17, 15) is 0 Å². The van der Waals surface area contributed by atoms with Crippen molar-refractivity contribution in [2.45, 2.75) is 11.8 Å². The fourth-order valence-corrected chi connectivity index (χ4v) is 10.2. The molecule has 190 valence electrons. The molecule has 0 amide bonds. The lowest BCUT2D eigenvalue weighted by Gasteiger charge is -2.43. The fourth-order valence-electron chi connectivity index (χ4n) is 6.47. The Labute approximate surface area is 247 Å². The van der Waals surface area contributed by atoms with Gasteiger partial charge in [-0.25, -0.2) is 0 Å². The standard InChI is InChI=1S/C34H20N2S4/c1-2-8-20-19(7-1)29-21-9-3-4-10-22(21)30(20)32-31(29)33(27-15-13-25(39-27)23-11-5-17-37-23)35-36-34(32)28-16-14-26(40-28)24-12-6-18-38-24/h1-18,29-30H. The van der Waals surface area contributed by atoms with Crippen LogP contribution in [-0.4, -0.2) is 10.2 Å². The quantitative estimate of drug-likeness (QED) is 0.206. The van der Waals surface area contributed by atoms with E-state index in [1.165, 1.54) is 62.6 Å². The van der Waals surface area contributed by atoms with E-state index in [-0.39, 0.29) is 11.8 Å². The zero-order chi connectivity index (χ0) is 26.2. The summed E-state index contributed by atoms with van der Waals surface area (Å²) in [6, 6.07) is 35.6. The van der Waals surface area contributed by atoms with Gasteiger partial charge in [-0.3, -0.25) is 0 Å². The monoisotopic (exact) mass is 584 g/mol. The van der Waals surface area contributed by atoms with Crippen molar-refractivity contribution >= 4 is 45.3 Å². The molecule has 0 unspecified atom stereocenters. The number of thiophene rings is 4. The highest BCUT2D eigenvalue weighted by atomic mass is 32.1. The van der Waals surface area contributed by atoms with Crippen LogP contribution in [-0.2, 0) is 0 Å². The maximum Gasteiger partial charge on any atom is 0.107 e. The summed E-state index contributed by atoms with van der Waals surface area (Å²) in [5.74, 6) is 0.279. The van der Waals surface area contributed by atoms with Gasteiger partial charge in [-0.1, -0.05) is 60.7 Å². The second kappa shape index (κ2) is 8.91. The molecule has 0 fully saturated rings. The van der Waals surface area contributed by atoms with E-state index in [1.807, 2.05) is 22.7 Å². The smallest absolute Gasteiger partial charge is 0.107 e. The van der Waals surface area contributed by atoms with Gasteiger partial charge in [0, 0.05) is 31.3 Å². The van der Waals surface area contributed by atoms with Crippen LogP contribution in [0, 0.1) is 0 Å². The lowest BCUT2D eigenvalue weighted by Crippen LogP contribution is -2.29. The van der Waals surface area contributed by atoms with Crippen LogP contribution in [0.2, 0.25) is 0 Å². The number of hydrogen-bond donors (Lipinski definition) is 0. The van der Waals surface area contributed by atoms with E-state index in [4.69, 9.17) is 10.2 Å². The largest absolute Gasteiger partial charge is 0.149 e. The molecule has 5 aromatic heterocycles. The highest BCUT2D eigenvalue weighted by molar-refractivity contribution is 7.23. The van der Waals surface area contributed by atoms with Crippen LogP contribution in [0.5, 0.6) is 0 Å². The summed E-state index contributed by atoms with van der Waals surface area (Å²) >= 11 is 7.21. The molecule has 0 radical (unpaired) electrons. The zero-order valence-electron chi connectivity index (χ0n) is 21.1. The van der Waals surface area contributed by atoms with Gasteiger partial charge in [0.05, 0.1) is 9.75 Å². The molecule has 40 heavy (non-hydrogen) atoms. The molecule has 2 aromatic carbocycles. The Morgan fingerprint density at radius 1 is 0.400 bits per heavy atom. The maximum absolute atomic E-state index is 5.04. The molecule has 0 aliphatic heterocycles. The van der Waals surface area contributed by atoms with Crippen LogP contribution in [0.3, 0.4) is 0 Å². The molecule has 0 N–H and O–H groups in total. The molecular formula is C34H20N2S4. The Morgan fingerprint density at radius 3 is 1.18 bits per heavy atom. The van der Waals surface area contributed by atoms with E-state index in [0.717, 1.165) is 11.4 Å². The van der Waals surface area contributed by atoms with E-state index in [1.54, 1.807) is 22.7 Å². The summed E-state index contributed by atoms with van der Waals surface area (Å²) in [7, 11) is 0. The molecule has 10 rings (SSSR count). The van der Waals surface area contributed by atoms with Gasteiger partial charge in [0.15, 0.2) is 0 Å². The van der Waals surface area contributed by atoms with Gasteiger partial charge >= 0.3 is 0 Å². The molecule has 3 aliphatic rings. The molecular weight excluding hydrogens is 565 g/mol. The number of hydrogen-bond acceptors (Lipinski definition) is 6. The van der Waals surface area contributed by atoms with Crippen LogP contribution in [0.4, 0.5) is 0 Å². The van der Waals surface area contributed by atoms with Crippen molar-refractivity contribution in [2.24, 2.45) is 0 Å². The minimum absolute atomic E-state index is 0.140. The van der Waals surface area contributed by atoms with Crippen molar-refractivity contribution in [3.8, 4) is 40.7 Å². The summed E-state index contributed by atoms with van der Waals surface area (Å²) in [5.41, 5.74) is 10.3. The van der Waals surface area contributed by atoms with Gasteiger partial charge in [-0.05, 0) is 80.5 Å². The first kappa shape index (κ1) is 23.1. The second-order valence-electron chi connectivity index (χ2n) is 10.1. The molecule has 3 aliphatic carbocycles. The highest BCUT2D eigenvalue weighted by Crippen LogP contribution is 2.59. The average Bonchev–Trinajstić information content (AvgIpc) is 3.83. The average molecular weight is 585 g/mol. The minimum Gasteiger partial charge on any atom is -0.149 e. The fraction of sp³-hybridized carbons (Fsp3) is 0.0588. The highest BCUT2D eigenvalue weighted by Gasteiger charge is 2.45. The van der Waals surface area contributed by atoms with E-state index in [0.29, 0.717) is 0 Å². The molecule has 0 saturated heterocycles. The normalized spacial score (nSPS) is 16.5. The van der Waals surface area contributed by atoms with Crippen LogP contribution >= 0.6 is 45.3 Å². The first-order valence-electron chi connectivity index (χ1n) is 13.2. The number of benzene rings is 2. The molecule has 2 bridgehead atoms. The number of nitrogens with zero attached hydrogens (tertiary/aromatic N) is 2. The van der Waals surface area contributed by atoms with E-state index < -0.39 is 0 Å². The molecule has 0 spiro atoms.